The molecule has 0 aliphatic carbocycles. The van der Waals surface area contributed by atoms with E-state index in [1.165, 1.54) is 0 Å². The van der Waals surface area contributed by atoms with Crippen LogP contribution < -0.4 is 11.1 Å². The SMILES string of the molecule is CC(N)CC(=O)NC(C)c1ccccn1. The van der Waals surface area contributed by atoms with Crippen LogP contribution in [-0.2, 0) is 4.79 Å². The van der Waals surface area contributed by atoms with Crippen LogP contribution in [0.3, 0.4) is 0 Å². The monoisotopic (exact) mass is 207 g/mol. The van der Waals surface area contributed by atoms with Gasteiger partial charge in [-0.2, -0.15) is 0 Å². The first kappa shape index (κ1) is 11.7. The Bertz CT molecular complexity index is 311. The van der Waals surface area contributed by atoms with Crippen molar-refractivity contribution < 1.29 is 4.79 Å². The number of nitrogens with two attached hydrogens (primary N) is 1. The third kappa shape index (κ3) is 4.08. The summed E-state index contributed by atoms with van der Waals surface area (Å²) in [5, 5.41) is 2.85. The molecule has 0 aliphatic heterocycles. The van der Waals surface area contributed by atoms with Crippen molar-refractivity contribution in [3.63, 3.8) is 0 Å². The number of nitrogens with one attached hydrogen (secondary N) is 1. The maximum absolute atomic E-state index is 11.4. The van der Waals surface area contributed by atoms with Crippen LogP contribution in [0.2, 0.25) is 0 Å². The number of hydrogen-bond donors (Lipinski definition) is 2. The Labute approximate surface area is 89.9 Å². The van der Waals surface area contributed by atoms with E-state index in [1.807, 2.05) is 32.0 Å². The van der Waals surface area contributed by atoms with Gasteiger partial charge in [0.2, 0.25) is 5.91 Å². The quantitative estimate of drug-likeness (QED) is 0.773. The molecule has 1 rings (SSSR count). The number of aromatic nitrogens is 1. The minimum Gasteiger partial charge on any atom is -0.348 e. The van der Waals surface area contributed by atoms with Gasteiger partial charge in [-0.05, 0) is 26.0 Å². The zero-order valence-corrected chi connectivity index (χ0v) is 9.10. The number of carbonyl (C=O) groups is 1. The second kappa shape index (κ2) is 5.46. The molecule has 1 aromatic rings. The molecular weight excluding hydrogens is 190 g/mol. The number of amides is 1. The molecule has 2 unspecified atom stereocenters. The van der Waals surface area contributed by atoms with Crippen molar-refractivity contribution in [1.29, 1.82) is 0 Å². The van der Waals surface area contributed by atoms with Gasteiger partial charge < -0.3 is 11.1 Å². The van der Waals surface area contributed by atoms with E-state index in [2.05, 4.69) is 10.3 Å². The van der Waals surface area contributed by atoms with Crippen molar-refractivity contribution in [2.24, 2.45) is 5.73 Å². The van der Waals surface area contributed by atoms with Crippen LogP contribution in [0, 0.1) is 0 Å². The first-order chi connectivity index (χ1) is 7.09. The molecule has 1 aromatic heterocycles. The zero-order valence-electron chi connectivity index (χ0n) is 9.10. The highest BCUT2D eigenvalue weighted by atomic mass is 16.1. The summed E-state index contributed by atoms with van der Waals surface area (Å²) in [6.07, 6.45) is 2.06. The molecule has 1 heterocycles. The van der Waals surface area contributed by atoms with Crippen LogP contribution in [0.1, 0.15) is 32.0 Å². The lowest BCUT2D eigenvalue weighted by molar-refractivity contribution is -0.122. The third-order valence-corrected chi connectivity index (χ3v) is 2.02. The average molecular weight is 207 g/mol. The van der Waals surface area contributed by atoms with E-state index in [4.69, 9.17) is 5.73 Å². The van der Waals surface area contributed by atoms with Crippen molar-refractivity contribution >= 4 is 5.91 Å². The molecule has 0 saturated heterocycles. The van der Waals surface area contributed by atoms with Crippen molar-refractivity contribution in [3.05, 3.63) is 30.1 Å². The number of pyridine rings is 1. The zero-order chi connectivity index (χ0) is 11.3. The molecule has 0 fully saturated rings. The maximum Gasteiger partial charge on any atom is 0.222 e. The highest BCUT2D eigenvalue weighted by Gasteiger charge is 2.11. The van der Waals surface area contributed by atoms with Gasteiger partial charge in [-0.25, -0.2) is 0 Å². The molecular formula is C11H17N3O. The largest absolute Gasteiger partial charge is 0.348 e. The highest BCUT2D eigenvalue weighted by molar-refractivity contribution is 5.76. The maximum atomic E-state index is 11.4. The van der Waals surface area contributed by atoms with Crippen molar-refractivity contribution in [3.8, 4) is 0 Å². The van der Waals surface area contributed by atoms with Crippen LogP contribution in [0.15, 0.2) is 24.4 Å². The van der Waals surface area contributed by atoms with E-state index in [9.17, 15) is 4.79 Å². The lowest BCUT2D eigenvalue weighted by Crippen LogP contribution is -2.32. The molecule has 0 aliphatic rings. The fraction of sp³-hybridized carbons (Fsp3) is 0.455. The molecule has 0 radical (unpaired) electrons. The predicted molar refractivity (Wildman–Crippen MR) is 59.1 cm³/mol. The summed E-state index contributed by atoms with van der Waals surface area (Å²) < 4.78 is 0. The Morgan fingerprint density at radius 1 is 1.53 bits per heavy atom. The molecule has 4 heteroatoms. The summed E-state index contributed by atoms with van der Waals surface area (Å²) in [6, 6.07) is 5.45. The van der Waals surface area contributed by atoms with Crippen LogP contribution in [-0.4, -0.2) is 16.9 Å². The molecule has 3 N–H and O–H groups in total. The van der Waals surface area contributed by atoms with E-state index >= 15 is 0 Å². The Kier molecular flexibility index (Phi) is 4.24. The molecule has 0 bridgehead atoms. The minimum atomic E-state index is -0.110. The van der Waals surface area contributed by atoms with Gasteiger partial charge in [0.15, 0.2) is 0 Å². The van der Waals surface area contributed by atoms with Crippen LogP contribution in [0.5, 0.6) is 0 Å². The third-order valence-electron chi connectivity index (χ3n) is 2.02. The number of carbonyl (C=O) groups excluding carboxylic acids is 1. The summed E-state index contributed by atoms with van der Waals surface area (Å²) in [4.78, 5) is 15.6. The Morgan fingerprint density at radius 2 is 2.27 bits per heavy atom. The first-order valence-electron chi connectivity index (χ1n) is 5.05. The van der Waals surface area contributed by atoms with Gasteiger partial charge in [-0.15, -0.1) is 0 Å². The normalized spacial score (nSPS) is 14.3. The summed E-state index contributed by atoms with van der Waals surface area (Å²) >= 11 is 0. The second-order valence-corrected chi connectivity index (χ2v) is 3.73. The average Bonchev–Trinajstić information content (AvgIpc) is 2.17. The molecule has 1 amide bonds. The van der Waals surface area contributed by atoms with Gasteiger partial charge in [0.05, 0.1) is 11.7 Å². The van der Waals surface area contributed by atoms with Crippen LogP contribution in [0.25, 0.3) is 0 Å². The van der Waals surface area contributed by atoms with Crippen LogP contribution in [0.4, 0.5) is 0 Å². The number of rotatable bonds is 4. The molecule has 0 spiro atoms. The Morgan fingerprint density at radius 3 is 2.80 bits per heavy atom. The van der Waals surface area contributed by atoms with Gasteiger partial charge in [-0.1, -0.05) is 6.07 Å². The lowest BCUT2D eigenvalue weighted by Gasteiger charge is -2.14. The summed E-state index contributed by atoms with van der Waals surface area (Å²) in [5.41, 5.74) is 6.39. The van der Waals surface area contributed by atoms with Gasteiger partial charge in [0.25, 0.3) is 0 Å². The lowest BCUT2D eigenvalue weighted by atomic mass is 10.2. The van der Waals surface area contributed by atoms with E-state index in [1.54, 1.807) is 6.20 Å². The van der Waals surface area contributed by atoms with Gasteiger partial charge >= 0.3 is 0 Å². The van der Waals surface area contributed by atoms with Gasteiger partial charge in [0.1, 0.15) is 0 Å². The highest BCUT2D eigenvalue weighted by Crippen LogP contribution is 2.07. The minimum absolute atomic E-state index is 0.0387. The van der Waals surface area contributed by atoms with E-state index < -0.39 is 0 Å². The fourth-order valence-corrected chi connectivity index (χ4v) is 1.30. The van der Waals surface area contributed by atoms with E-state index in [0.717, 1.165) is 5.69 Å². The standard InChI is InChI=1S/C11H17N3O/c1-8(12)7-11(15)14-9(2)10-5-3-4-6-13-10/h3-6,8-9H,7,12H2,1-2H3,(H,14,15). The number of hydrogen-bond acceptors (Lipinski definition) is 3. The number of nitrogens with zero attached hydrogens (tertiary/aromatic N) is 1. The molecule has 4 nitrogen and oxygen atoms in total. The molecule has 2 atom stereocenters. The molecule has 0 aromatic carbocycles. The molecule has 82 valence electrons. The van der Waals surface area contributed by atoms with Crippen molar-refractivity contribution in [1.82, 2.24) is 10.3 Å². The van der Waals surface area contributed by atoms with Crippen LogP contribution >= 0.6 is 0 Å². The van der Waals surface area contributed by atoms with Crippen molar-refractivity contribution in [2.75, 3.05) is 0 Å². The Balaban J connectivity index is 2.49. The smallest absolute Gasteiger partial charge is 0.222 e. The molecule has 0 saturated carbocycles. The fourth-order valence-electron chi connectivity index (χ4n) is 1.30. The topological polar surface area (TPSA) is 68.0 Å². The van der Waals surface area contributed by atoms with Crippen molar-refractivity contribution in [2.45, 2.75) is 32.4 Å². The summed E-state index contributed by atoms with van der Waals surface area (Å²) in [7, 11) is 0. The summed E-state index contributed by atoms with van der Waals surface area (Å²) in [6.45, 7) is 3.71. The first-order valence-corrected chi connectivity index (χ1v) is 5.05. The van der Waals surface area contributed by atoms with E-state index in [-0.39, 0.29) is 18.0 Å². The van der Waals surface area contributed by atoms with Gasteiger partial charge in [-0.3, -0.25) is 9.78 Å². The molecule has 15 heavy (non-hydrogen) atoms. The predicted octanol–water partition coefficient (Wildman–Crippen LogP) is 0.996. The van der Waals surface area contributed by atoms with Gasteiger partial charge in [0, 0.05) is 18.7 Å². The Hall–Kier alpha value is -1.42. The second-order valence-electron chi connectivity index (χ2n) is 3.73. The van der Waals surface area contributed by atoms with E-state index in [0.29, 0.717) is 6.42 Å². The summed E-state index contributed by atoms with van der Waals surface area (Å²) in [5.74, 6) is -0.0387.